The Bertz CT molecular complexity index is 347. The van der Waals surface area contributed by atoms with E-state index in [0.29, 0.717) is 6.04 Å². The Kier molecular flexibility index (Phi) is 2.04. The van der Waals surface area contributed by atoms with Gasteiger partial charge in [0.05, 0.1) is 16.7 Å². The third kappa shape index (κ3) is 1.20. The van der Waals surface area contributed by atoms with Crippen molar-refractivity contribution in [1.29, 1.82) is 0 Å². The van der Waals surface area contributed by atoms with Crippen LogP contribution in [0.1, 0.15) is 31.7 Å². The van der Waals surface area contributed by atoms with E-state index in [0.717, 1.165) is 16.9 Å². The highest BCUT2D eigenvalue weighted by Crippen LogP contribution is 2.40. The minimum Gasteiger partial charge on any atom is -0.369 e. The molecule has 1 aliphatic carbocycles. The van der Waals surface area contributed by atoms with Gasteiger partial charge in [0.1, 0.15) is 5.82 Å². The van der Waals surface area contributed by atoms with Crippen LogP contribution in [0.3, 0.4) is 0 Å². The maximum atomic E-state index is 4.45. The van der Waals surface area contributed by atoms with Gasteiger partial charge in [0.2, 0.25) is 0 Å². The summed E-state index contributed by atoms with van der Waals surface area (Å²) >= 11 is 3.52. The van der Waals surface area contributed by atoms with E-state index in [1.807, 2.05) is 6.20 Å². The highest BCUT2D eigenvalue weighted by molar-refractivity contribution is 9.10. The van der Waals surface area contributed by atoms with E-state index < -0.39 is 0 Å². The molecule has 0 spiro atoms. The Morgan fingerprint density at radius 2 is 2.29 bits per heavy atom. The lowest BCUT2D eigenvalue weighted by atomic mass is 9.83. The molecule has 0 radical (unpaired) electrons. The predicted octanol–water partition coefficient (Wildman–Crippen LogP) is 2.80. The molecule has 0 aromatic carbocycles. The lowest BCUT2D eigenvalue weighted by Gasteiger charge is -2.37. The highest BCUT2D eigenvalue weighted by atomic mass is 79.9. The molecule has 2 atom stereocenters. The summed E-state index contributed by atoms with van der Waals surface area (Å²) in [5.74, 6) is 1.97. The number of fused-ring (bicyclic) bond motifs is 3. The van der Waals surface area contributed by atoms with E-state index in [1.54, 1.807) is 0 Å². The number of anilines is 1. The van der Waals surface area contributed by atoms with Crippen LogP contribution in [0.15, 0.2) is 10.7 Å². The molecule has 2 heterocycles. The van der Waals surface area contributed by atoms with Crippen molar-refractivity contribution < 1.29 is 0 Å². The molecule has 1 aliphatic heterocycles. The SMILES string of the molecule is Brc1cnn2c1NCC1CCCCC12. The second kappa shape index (κ2) is 3.26. The van der Waals surface area contributed by atoms with E-state index in [-0.39, 0.29) is 0 Å². The first-order chi connectivity index (χ1) is 6.86. The lowest BCUT2D eigenvalue weighted by Crippen LogP contribution is -2.35. The monoisotopic (exact) mass is 255 g/mol. The van der Waals surface area contributed by atoms with Gasteiger partial charge in [-0.05, 0) is 34.7 Å². The summed E-state index contributed by atoms with van der Waals surface area (Å²) < 4.78 is 3.28. The average Bonchev–Trinajstić information content (AvgIpc) is 2.61. The van der Waals surface area contributed by atoms with Crippen LogP contribution in [-0.4, -0.2) is 16.3 Å². The summed E-state index contributed by atoms with van der Waals surface area (Å²) in [7, 11) is 0. The van der Waals surface area contributed by atoms with E-state index in [9.17, 15) is 0 Å². The molecule has 2 aliphatic rings. The second-order valence-electron chi connectivity index (χ2n) is 4.28. The fraction of sp³-hybridized carbons (Fsp3) is 0.700. The van der Waals surface area contributed by atoms with Crippen molar-refractivity contribution in [2.24, 2.45) is 5.92 Å². The molecule has 0 amide bonds. The van der Waals surface area contributed by atoms with Gasteiger partial charge in [-0.2, -0.15) is 5.10 Å². The van der Waals surface area contributed by atoms with Gasteiger partial charge in [0, 0.05) is 6.54 Å². The molecule has 1 aromatic rings. The molecule has 1 aromatic heterocycles. The zero-order valence-corrected chi connectivity index (χ0v) is 9.63. The summed E-state index contributed by atoms with van der Waals surface area (Å²) in [6.07, 6.45) is 7.31. The number of rotatable bonds is 0. The number of aromatic nitrogens is 2. The van der Waals surface area contributed by atoms with Crippen LogP contribution >= 0.6 is 15.9 Å². The van der Waals surface area contributed by atoms with Crippen molar-refractivity contribution in [1.82, 2.24) is 9.78 Å². The molecular weight excluding hydrogens is 242 g/mol. The molecular formula is C10H14BrN3. The fourth-order valence-electron chi connectivity index (χ4n) is 2.73. The van der Waals surface area contributed by atoms with Gasteiger partial charge in [0.15, 0.2) is 0 Å². The molecule has 76 valence electrons. The molecule has 2 unspecified atom stereocenters. The maximum absolute atomic E-state index is 4.45. The van der Waals surface area contributed by atoms with Gasteiger partial charge in [-0.3, -0.25) is 0 Å². The van der Waals surface area contributed by atoms with E-state index in [2.05, 4.69) is 31.0 Å². The Balaban J connectivity index is 1.99. The first-order valence-corrected chi connectivity index (χ1v) is 6.12. The summed E-state index contributed by atoms with van der Waals surface area (Å²) in [5.41, 5.74) is 0. The summed E-state index contributed by atoms with van der Waals surface area (Å²) in [4.78, 5) is 0. The Labute approximate surface area is 92.0 Å². The predicted molar refractivity (Wildman–Crippen MR) is 59.4 cm³/mol. The first-order valence-electron chi connectivity index (χ1n) is 5.33. The minimum absolute atomic E-state index is 0.645. The molecule has 14 heavy (non-hydrogen) atoms. The molecule has 1 N–H and O–H groups in total. The zero-order valence-electron chi connectivity index (χ0n) is 8.04. The van der Waals surface area contributed by atoms with E-state index >= 15 is 0 Å². The lowest BCUT2D eigenvalue weighted by molar-refractivity contribution is 0.222. The number of hydrogen-bond acceptors (Lipinski definition) is 2. The van der Waals surface area contributed by atoms with Gasteiger partial charge in [-0.1, -0.05) is 12.8 Å². The van der Waals surface area contributed by atoms with Crippen LogP contribution in [0.25, 0.3) is 0 Å². The highest BCUT2D eigenvalue weighted by Gasteiger charge is 2.32. The minimum atomic E-state index is 0.645. The summed E-state index contributed by atoms with van der Waals surface area (Å²) in [6.45, 7) is 1.12. The second-order valence-corrected chi connectivity index (χ2v) is 5.13. The third-order valence-electron chi connectivity index (χ3n) is 3.47. The molecule has 3 nitrogen and oxygen atoms in total. The van der Waals surface area contributed by atoms with Crippen LogP contribution in [0.5, 0.6) is 0 Å². The smallest absolute Gasteiger partial charge is 0.139 e. The van der Waals surface area contributed by atoms with Gasteiger partial charge < -0.3 is 5.32 Å². The zero-order chi connectivity index (χ0) is 9.54. The molecule has 3 rings (SSSR count). The van der Waals surface area contributed by atoms with Crippen molar-refractivity contribution in [2.75, 3.05) is 11.9 Å². The van der Waals surface area contributed by atoms with Crippen molar-refractivity contribution >= 4 is 21.7 Å². The number of hydrogen-bond donors (Lipinski definition) is 1. The van der Waals surface area contributed by atoms with Crippen LogP contribution < -0.4 is 5.32 Å². The van der Waals surface area contributed by atoms with E-state index in [4.69, 9.17) is 0 Å². The largest absolute Gasteiger partial charge is 0.369 e. The van der Waals surface area contributed by atoms with Crippen molar-refractivity contribution in [3.05, 3.63) is 10.7 Å². The molecule has 4 heteroatoms. The standard InChI is InChI=1S/C10H14BrN3/c11-8-6-13-14-9-4-2-1-3-7(9)5-12-10(8)14/h6-7,9,12H,1-5H2. The average molecular weight is 256 g/mol. The molecule has 1 fully saturated rings. The van der Waals surface area contributed by atoms with Crippen molar-refractivity contribution in [3.8, 4) is 0 Å². The van der Waals surface area contributed by atoms with Crippen molar-refractivity contribution in [3.63, 3.8) is 0 Å². The van der Waals surface area contributed by atoms with Gasteiger partial charge in [0.25, 0.3) is 0 Å². The number of halogens is 1. The van der Waals surface area contributed by atoms with Crippen LogP contribution in [0, 0.1) is 5.92 Å². The fourth-order valence-corrected chi connectivity index (χ4v) is 3.15. The Morgan fingerprint density at radius 3 is 3.21 bits per heavy atom. The molecule has 0 saturated heterocycles. The topological polar surface area (TPSA) is 29.9 Å². The number of nitrogens with one attached hydrogen (secondary N) is 1. The van der Waals surface area contributed by atoms with Crippen LogP contribution in [-0.2, 0) is 0 Å². The van der Waals surface area contributed by atoms with Gasteiger partial charge in [-0.15, -0.1) is 0 Å². The molecule has 1 saturated carbocycles. The quantitative estimate of drug-likeness (QED) is 0.773. The summed E-state index contributed by atoms with van der Waals surface area (Å²) in [6, 6.07) is 0.645. The first kappa shape index (κ1) is 8.77. The van der Waals surface area contributed by atoms with Gasteiger partial charge in [-0.25, -0.2) is 4.68 Å². The summed E-state index contributed by atoms with van der Waals surface area (Å²) in [5, 5.41) is 7.91. The third-order valence-corrected chi connectivity index (χ3v) is 4.05. The Hall–Kier alpha value is -0.510. The van der Waals surface area contributed by atoms with Crippen LogP contribution in [0.4, 0.5) is 5.82 Å². The van der Waals surface area contributed by atoms with Crippen molar-refractivity contribution in [2.45, 2.75) is 31.7 Å². The normalized spacial score (nSPS) is 30.4. The number of nitrogens with zero attached hydrogens (tertiary/aromatic N) is 2. The Morgan fingerprint density at radius 1 is 1.43 bits per heavy atom. The van der Waals surface area contributed by atoms with E-state index in [1.165, 1.54) is 31.5 Å². The van der Waals surface area contributed by atoms with Crippen LogP contribution in [0.2, 0.25) is 0 Å². The van der Waals surface area contributed by atoms with Gasteiger partial charge >= 0.3 is 0 Å². The maximum Gasteiger partial charge on any atom is 0.139 e. The molecule has 0 bridgehead atoms.